The fourth-order valence-corrected chi connectivity index (χ4v) is 4.99. The van der Waals surface area contributed by atoms with Crippen molar-refractivity contribution in [2.75, 3.05) is 13.7 Å². The van der Waals surface area contributed by atoms with Gasteiger partial charge in [-0.15, -0.1) is 11.3 Å². The molecular formula is C23H27N3O4S. The molecule has 1 aliphatic rings. The van der Waals surface area contributed by atoms with Gasteiger partial charge < -0.3 is 14.8 Å². The molecule has 7 nitrogen and oxygen atoms in total. The van der Waals surface area contributed by atoms with Crippen LogP contribution in [-0.4, -0.2) is 45.6 Å². The first-order valence-corrected chi connectivity index (χ1v) is 11.5. The molecule has 1 aliphatic heterocycles. The third kappa shape index (κ3) is 5.03. The third-order valence-electron chi connectivity index (χ3n) is 5.90. The number of aromatic nitrogens is 2. The van der Waals surface area contributed by atoms with Gasteiger partial charge in [-0.3, -0.25) is 9.69 Å². The van der Waals surface area contributed by atoms with Gasteiger partial charge >= 0.3 is 5.97 Å². The van der Waals surface area contributed by atoms with Gasteiger partial charge in [-0.25, -0.2) is 9.78 Å². The number of methoxy groups -OCH3 is 1. The largest absolute Gasteiger partial charge is 0.465 e. The highest BCUT2D eigenvalue weighted by atomic mass is 32.1. The van der Waals surface area contributed by atoms with E-state index in [0.29, 0.717) is 35.3 Å². The van der Waals surface area contributed by atoms with E-state index in [-0.39, 0.29) is 11.6 Å². The molecule has 3 aromatic rings. The summed E-state index contributed by atoms with van der Waals surface area (Å²) in [6, 6.07) is 8.91. The predicted octanol–water partition coefficient (Wildman–Crippen LogP) is 3.64. The highest BCUT2D eigenvalue weighted by molar-refractivity contribution is 7.10. The van der Waals surface area contributed by atoms with Crippen molar-refractivity contribution in [3.8, 4) is 0 Å². The quantitative estimate of drug-likeness (QED) is 0.567. The first kappa shape index (κ1) is 21.7. The monoisotopic (exact) mass is 441 g/mol. The van der Waals surface area contributed by atoms with Gasteiger partial charge in [-0.1, -0.05) is 18.9 Å². The number of aliphatic hydroxyl groups excluding tert-OH is 1. The average molecular weight is 442 g/mol. The van der Waals surface area contributed by atoms with Gasteiger partial charge in [-0.2, -0.15) is 0 Å². The summed E-state index contributed by atoms with van der Waals surface area (Å²) in [5, 5.41) is 13.1. The number of nitrogens with zero attached hydrogens (tertiary/aromatic N) is 2. The van der Waals surface area contributed by atoms with Crippen LogP contribution in [0.3, 0.4) is 0 Å². The summed E-state index contributed by atoms with van der Waals surface area (Å²) in [7, 11) is 1.33. The molecule has 0 amide bonds. The number of H-pyrrole nitrogens is 1. The molecular weight excluding hydrogens is 414 g/mol. The van der Waals surface area contributed by atoms with E-state index in [1.165, 1.54) is 7.11 Å². The summed E-state index contributed by atoms with van der Waals surface area (Å²) in [6.07, 6.45) is 4.54. The van der Waals surface area contributed by atoms with Gasteiger partial charge in [0.25, 0.3) is 5.56 Å². The van der Waals surface area contributed by atoms with Crippen molar-refractivity contribution >= 4 is 28.2 Å². The lowest BCUT2D eigenvalue weighted by Gasteiger charge is -2.31. The van der Waals surface area contributed by atoms with Crippen LogP contribution in [0.5, 0.6) is 0 Å². The Balaban J connectivity index is 1.58. The van der Waals surface area contributed by atoms with E-state index in [4.69, 9.17) is 4.74 Å². The number of carbonyl (C=O) groups is 1. The predicted molar refractivity (Wildman–Crippen MR) is 120 cm³/mol. The summed E-state index contributed by atoms with van der Waals surface area (Å²) in [6.45, 7) is 1.39. The van der Waals surface area contributed by atoms with Gasteiger partial charge in [0.1, 0.15) is 5.82 Å². The molecule has 164 valence electrons. The number of carbonyl (C=O) groups excluding carboxylic acids is 1. The van der Waals surface area contributed by atoms with E-state index in [9.17, 15) is 14.7 Å². The summed E-state index contributed by atoms with van der Waals surface area (Å²) >= 11 is 1.57. The molecule has 0 spiro atoms. The number of thiophene rings is 1. The minimum absolute atomic E-state index is 0.210. The number of benzene rings is 1. The number of fused-ring (bicyclic) bond motifs is 1. The molecule has 31 heavy (non-hydrogen) atoms. The average Bonchev–Trinajstić information content (AvgIpc) is 3.23. The second-order valence-corrected chi connectivity index (χ2v) is 8.96. The highest BCUT2D eigenvalue weighted by Gasteiger charge is 2.25. The molecule has 8 heteroatoms. The Labute approximate surface area is 184 Å². The van der Waals surface area contributed by atoms with Crippen LogP contribution in [0.1, 0.15) is 59.3 Å². The molecule has 0 unspecified atom stereocenters. The fraction of sp³-hybridized carbons (Fsp3) is 0.435. The van der Waals surface area contributed by atoms with E-state index < -0.39 is 12.1 Å². The topological polar surface area (TPSA) is 95.5 Å². The molecule has 2 aromatic heterocycles. The van der Waals surface area contributed by atoms with Gasteiger partial charge in [-0.05, 0) is 55.5 Å². The van der Waals surface area contributed by atoms with Crippen LogP contribution in [0, 0.1) is 0 Å². The number of hydrogen-bond acceptors (Lipinski definition) is 7. The Kier molecular flexibility index (Phi) is 6.80. The van der Waals surface area contributed by atoms with Crippen molar-refractivity contribution in [3.05, 3.63) is 62.3 Å². The van der Waals surface area contributed by atoms with Gasteiger partial charge in [0.15, 0.2) is 0 Å². The highest BCUT2D eigenvalue weighted by Crippen LogP contribution is 2.29. The summed E-state index contributed by atoms with van der Waals surface area (Å²) in [5.74, 6) is 0.109. The van der Waals surface area contributed by atoms with Crippen molar-refractivity contribution < 1.29 is 14.6 Å². The Hall–Kier alpha value is -2.55. The van der Waals surface area contributed by atoms with Crippen LogP contribution < -0.4 is 5.56 Å². The molecule has 0 aliphatic carbocycles. The number of nitrogens with one attached hydrogen (secondary N) is 1. The van der Waals surface area contributed by atoms with Crippen LogP contribution in [0.15, 0.2) is 40.5 Å². The second-order valence-electron chi connectivity index (χ2n) is 7.98. The van der Waals surface area contributed by atoms with Crippen molar-refractivity contribution in [2.45, 2.75) is 50.8 Å². The molecule has 1 fully saturated rings. The SMILES string of the molecule is COC(=O)c1ccc2c(=O)[nH]c(CN3CCCCC[C@H]3C[C@H](O)c3cccs3)nc2c1. The van der Waals surface area contributed by atoms with E-state index in [2.05, 4.69) is 14.9 Å². The molecule has 0 bridgehead atoms. The molecule has 0 radical (unpaired) electrons. The smallest absolute Gasteiger partial charge is 0.337 e. The Bertz CT molecular complexity index is 1100. The number of hydrogen-bond donors (Lipinski definition) is 2. The maximum Gasteiger partial charge on any atom is 0.337 e. The minimum atomic E-state index is -0.489. The molecule has 1 aromatic carbocycles. The summed E-state index contributed by atoms with van der Waals surface area (Å²) < 4.78 is 4.78. The van der Waals surface area contributed by atoms with Gasteiger partial charge in [0.2, 0.25) is 0 Å². The lowest BCUT2D eigenvalue weighted by Crippen LogP contribution is -2.36. The molecule has 4 rings (SSSR count). The van der Waals surface area contributed by atoms with Crippen LogP contribution in [0.4, 0.5) is 0 Å². The molecule has 3 heterocycles. The second kappa shape index (κ2) is 9.72. The lowest BCUT2D eigenvalue weighted by atomic mass is 10.0. The molecule has 1 saturated heterocycles. The van der Waals surface area contributed by atoms with E-state index in [1.54, 1.807) is 29.5 Å². The molecule has 2 atom stereocenters. The van der Waals surface area contributed by atoms with Crippen LogP contribution in [0.25, 0.3) is 10.9 Å². The van der Waals surface area contributed by atoms with E-state index in [1.807, 2.05) is 17.5 Å². The number of aliphatic hydroxyl groups is 1. The first-order chi connectivity index (χ1) is 15.0. The standard InChI is InChI=1S/C23H27N3O4S/c1-30-23(29)15-8-9-17-18(12-15)24-21(25-22(17)28)14-26-10-4-2-3-6-16(26)13-19(27)20-7-5-11-31-20/h5,7-9,11-12,16,19,27H,2-4,6,10,13-14H2,1H3,(H,24,25,28)/t16-,19-/m0/s1. The van der Waals surface area contributed by atoms with Crippen molar-refractivity contribution in [1.82, 2.24) is 14.9 Å². The Morgan fingerprint density at radius 2 is 2.23 bits per heavy atom. The van der Waals surface area contributed by atoms with Crippen molar-refractivity contribution in [2.24, 2.45) is 0 Å². The van der Waals surface area contributed by atoms with Crippen LogP contribution >= 0.6 is 11.3 Å². The lowest BCUT2D eigenvalue weighted by molar-refractivity contribution is 0.0601. The summed E-state index contributed by atoms with van der Waals surface area (Å²) in [4.78, 5) is 35.3. The maximum absolute atomic E-state index is 12.6. The van der Waals surface area contributed by atoms with Gasteiger partial charge in [0.05, 0.1) is 36.2 Å². The number of aromatic amines is 1. The Morgan fingerprint density at radius 3 is 3.00 bits per heavy atom. The molecule has 2 N–H and O–H groups in total. The maximum atomic E-state index is 12.6. The number of likely N-dealkylation sites (tertiary alicyclic amines) is 1. The normalized spacial score (nSPS) is 18.6. The summed E-state index contributed by atoms with van der Waals surface area (Å²) in [5.41, 5.74) is 0.624. The zero-order chi connectivity index (χ0) is 21.8. The minimum Gasteiger partial charge on any atom is -0.465 e. The number of ether oxygens (including phenoxy) is 1. The van der Waals surface area contributed by atoms with Gasteiger partial charge in [0, 0.05) is 10.9 Å². The van der Waals surface area contributed by atoms with Crippen molar-refractivity contribution in [1.29, 1.82) is 0 Å². The van der Waals surface area contributed by atoms with Crippen LogP contribution in [0.2, 0.25) is 0 Å². The number of esters is 1. The zero-order valence-electron chi connectivity index (χ0n) is 17.5. The van der Waals surface area contributed by atoms with E-state index >= 15 is 0 Å². The Morgan fingerprint density at radius 1 is 1.35 bits per heavy atom. The van der Waals surface area contributed by atoms with Crippen molar-refractivity contribution in [3.63, 3.8) is 0 Å². The fourth-order valence-electron chi connectivity index (χ4n) is 4.27. The third-order valence-corrected chi connectivity index (χ3v) is 6.87. The number of rotatable bonds is 6. The van der Waals surface area contributed by atoms with Crippen LogP contribution in [-0.2, 0) is 11.3 Å². The zero-order valence-corrected chi connectivity index (χ0v) is 18.4. The van der Waals surface area contributed by atoms with E-state index in [0.717, 1.165) is 37.1 Å². The molecule has 0 saturated carbocycles. The first-order valence-electron chi connectivity index (χ1n) is 10.6.